The van der Waals surface area contributed by atoms with Crippen LogP contribution in [-0.2, 0) is 22.4 Å². The van der Waals surface area contributed by atoms with Crippen LogP contribution >= 0.6 is 22.6 Å². The van der Waals surface area contributed by atoms with Crippen molar-refractivity contribution in [2.45, 2.75) is 19.8 Å². The van der Waals surface area contributed by atoms with Crippen LogP contribution in [0.4, 0.5) is 0 Å². The van der Waals surface area contributed by atoms with E-state index in [0.717, 1.165) is 17.8 Å². The van der Waals surface area contributed by atoms with Gasteiger partial charge in [-0.1, -0.05) is 25.1 Å². The van der Waals surface area contributed by atoms with Gasteiger partial charge < -0.3 is 4.74 Å². The van der Waals surface area contributed by atoms with Gasteiger partial charge in [0.1, 0.15) is 0 Å². The van der Waals surface area contributed by atoms with Crippen LogP contribution in [0, 0.1) is 3.57 Å². The molecule has 0 spiro atoms. The summed E-state index contributed by atoms with van der Waals surface area (Å²) in [5, 5.41) is 6.91. The van der Waals surface area contributed by atoms with E-state index in [-0.39, 0.29) is 0 Å². The average molecular weight is 372 g/mol. The number of carbonyl (C=O) groups is 1. The highest BCUT2D eigenvalue weighted by molar-refractivity contribution is 14.1. The number of H-pyrrole nitrogens is 1. The van der Waals surface area contributed by atoms with Crippen molar-refractivity contribution in [3.8, 4) is 0 Å². The standard InChI is InChI=1S/C8H12N2O2.C6H5I/c1-2-7-5-8(10-9-7)3-4-12-6-11;7-6-4-2-1-3-5-6/h5-6H,2-4H2,1H3,(H,9,10);1-5H. The van der Waals surface area contributed by atoms with Crippen molar-refractivity contribution in [2.24, 2.45) is 0 Å². The summed E-state index contributed by atoms with van der Waals surface area (Å²) < 4.78 is 5.84. The number of hydrogen-bond acceptors (Lipinski definition) is 3. The summed E-state index contributed by atoms with van der Waals surface area (Å²) in [4.78, 5) is 9.81. The van der Waals surface area contributed by atoms with Crippen LogP contribution in [0.1, 0.15) is 18.3 Å². The lowest BCUT2D eigenvalue weighted by atomic mass is 10.2. The molecule has 0 saturated heterocycles. The molecule has 1 aromatic heterocycles. The third kappa shape index (κ3) is 6.95. The molecule has 0 bridgehead atoms. The summed E-state index contributed by atoms with van der Waals surface area (Å²) in [5.74, 6) is 0. The third-order valence-electron chi connectivity index (χ3n) is 2.34. The number of halogens is 1. The zero-order valence-electron chi connectivity index (χ0n) is 10.8. The Bertz CT molecular complexity index is 471. The quantitative estimate of drug-likeness (QED) is 0.499. The minimum atomic E-state index is 0.412. The zero-order valence-corrected chi connectivity index (χ0v) is 13.0. The summed E-state index contributed by atoms with van der Waals surface area (Å²) in [6, 6.07) is 12.2. The van der Waals surface area contributed by atoms with Gasteiger partial charge in [-0.15, -0.1) is 0 Å². The van der Waals surface area contributed by atoms with Crippen LogP contribution in [0.25, 0.3) is 0 Å². The molecule has 1 aromatic carbocycles. The summed E-state index contributed by atoms with van der Waals surface area (Å²) in [6.45, 7) is 2.91. The Morgan fingerprint density at radius 3 is 2.58 bits per heavy atom. The van der Waals surface area contributed by atoms with Crippen LogP contribution in [0.3, 0.4) is 0 Å². The van der Waals surface area contributed by atoms with Gasteiger partial charge >= 0.3 is 0 Å². The van der Waals surface area contributed by atoms with Gasteiger partial charge in [0.25, 0.3) is 6.47 Å². The first-order chi connectivity index (χ1) is 9.26. The molecule has 19 heavy (non-hydrogen) atoms. The fraction of sp³-hybridized carbons (Fsp3) is 0.286. The van der Waals surface area contributed by atoms with Crippen molar-refractivity contribution >= 4 is 29.1 Å². The Morgan fingerprint density at radius 2 is 2.11 bits per heavy atom. The molecule has 0 aliphatic rings. The van der Waals surface area contributed by atoms with Crippen LogP contribution < -0.4 is 0 Å². The van der Waals surface area contributed by atoms with Gasteiger partial charge in [0.15, 0.2) is 0 Å². The molecule has 1 N–H and O–H groups in total. The Labute approximate surface area is 126 Å². The number of aryl methyl sites for hydroxylation is 1. The molecule has 0 radical (unpaired) electrons. The van der Waals surface area contributed by atoms with Crippen LogP contribution in [-0.4, -0.2) is 23.3 Å². The van der Waals surface area contributed by atoms with E-state index in [4.69, 9.17) is 0 Å². The van der Waals surface area contributed by atoms with Crippen molar-refractivity contribution in [1.82, 2.24) is 10.2 Å². The monoisotopic (exact) mass is 372 g/mol. The Balaban J connectivity index is 0.000000218. The second-order valence-corrected chi connectivity index (χ2v) is 5.00. The fourth-order valence-corrected chi connectivity index (χ4v) is 1.77. The number of aromatic nitrogens is 2. The molecule has 5 heteroatoms. The molecule has 0 aliphatic heterocycles. The second kappa shape index (κ2) is 9.55. The van der Waals surface area contributed by atoms with E-state index in [0.29, 0.717) is 19.5 Å². The third-order valence-corrected chi connectivity index (χ3v) is 3.06. The van der Waals surface area contributed by atoms with Gasteiger partial charge in [0.2, 0.25) is 0 Å². The van der Waals surface area contributed by atoms with E-state index < -0.39 is 0 Å². The molecule has 0 aliphatic carbocycles. The predicted molar refractivity (Wildman–Crippen MR) is 82.8 cm³/mol. The average Bonchev–Trinajstić information content (AvgIpc) is 2.89. The highest BCUT2D eigenvalue weighted by atomic mass is 127. The highest BCUT2D eigenvalue weighted by Crippen LogP contribution is 2.01. The number of rotatable bonds is 5. The van der Waals surface area contributed by atoms with E-state index in [2.05, 4.69) is 49.7 Å². The van der Waals surface area contributed by atoms with E-state index in [1.807, 2.05) is 31.2 Å². The van der Waals surface area contributed by atoms with Crippen molar-refractivity contribution in [3.05, 3.63) is 51.4 Å². The molecular weight excluding hydrogens is 355 g/mol. The summed E-state index contributed by atoms with van der Waals surface area (Å²) >= 11 is 2.28. The second-order valence-electron chi connectivity index (χ2n) is 3.75. The first-order valence-corrected chi connectivity index (χ1v) is 7.13. The van der Waals surface area contributed by atoms with Gasteiger partial charge in [0.05, 0.1) is 12.3 Å². The maximum Gasteiger partial charge on any atom is 0.293 e. The molecular formula is C14H17IN2O2. The van der Waals surface area contributed by atoms with Crippen molar-refractivity contribution < 1.29 is 9.53 Å². The number of carbonyl (C=O) groups excluding carboxylic acids is 1. The number of aromatic amines is 1. The van der Waals surface area contributed by atoms with Gasteiger partial charge in [-0.05, 0) is 47.2 Å². The summed E-state index contributed by atoms with van der Waals surface area (Å²) in [7, 11) is 0. The maximum absolute atomic E-state index is 9.81. The van der Waals surface area contributed by atoms with Crippen LogP contribution in [0.2, 0.25) is 0 Å². The lowest BCUT2D eigenvalue weighted by Gasteiger charge is -1.93. The lowest BCUT2D eigenvalue weighted by molar-refractivity contribution is -0.128. The van der Waals surface area contributed by atoms with Crippen LogP contribution in [0.15, 0.2) is 36.4 Å². The minimum absolute atomic E-state index is 0.412. The first kappa shape index (κ1) is 15.7. The number of ether oxygens (including phenoxy) is 1. The van der Waals surface area contributed by atoms with Gasteiger partial charge in [-0.25, -0.2) is 0 Å². The Hall–Kier alpha value is -1.37. The summed E-state index contributed by atoms with van der Waals surface area (Å²) in [6.07, 6.45) is 1.62. The van der Waals surface area contributed by atoms with Gasteiger partial charge in [-0.2, -0.15) is 5.10 Å². The van der Waals surface area contributed by atoms with E-state index in [9.17, 15) is 4.79 Å². The zero-order chi connectivity index (χ0) is 13.9. The first-order valence-electron chi connectivity index (χ1n) is 6.05. The largest absolute Gasteiger partial charge is 0.467 e. The highest BCUT2D eigenvalue weighted by Gasteiger charge is 1.98. The lowest BCUT2D eigenvalue weighted by Crippen LogP contribution is -1.96. The summed E-state index contributed by atoms with van der Waals surface area (Å²) in [5.41, 5.74) is 2.05. The van der Waals surface area contributed by atoms with Crippen molar-refractivity contribution in [1.29, 1.82) is 0 Å². The molecule has 2 rings (SSSR count). The molecule has 0 fully saturated rings. The molecule has 1 heterocycles. The van der Waals surface area contributed by atoms with E-state index in [1.165, 1.54) is 3.57 Å². The predicted octanol–water partition coefficient (Wildman–Crippen LogP) is 2.98. The fourth-order valence-electron chi connectivity index (χ4n) is 1.35. The van der Waals surface area contributed by atoms with Crippen molar-refractivity contribution in [3.63, 3.8) is 0 Å². The Kier molecular flexibility index (Phi) is 7.88. The maximum atomic E-state index is 9.81. The SMILES string of the molecule is CCc1cc(CCOC=O)[nH]n1.Ic1ccccc1. The Morgan fingerprint density at radius 1 is 1.37 bits per heavy atom. The van der Waals surface area contributed by atoms with Gasteiger partial charge in [-0.3, -0.25) is 9.89 Å². The van der Waals surface area contributed by atoms with Gasteiger partial charge in [0, 0.05) is 15.7 Å². The van der Waals surface area contributed by atoms with E-state index in [1.54, 1.807) is 0 Å². The van der Waals surface area contributed by atoms with E-state index >= 15 is 0 Å². The van der Waals surface area contributed by atoms with Crippen LogP contribution in [0.5, 0.6) is 0 Å². The molecule has 0 saturated carbocycles. The molecule has 0 unspecified atom stereocenters. The number of nitrogens with one attached hydrogen (secondary N) is 1. The number of benzene rings is 1. The minimum Gasteiger partial charge on any atom is -0.467 e. The normalized spacial score (nSPS) is 9.37. The number of nitrogens with zero attached hydrogens (tertiary/aromatic N) is 1. The molecule has 2 aromatic rings. The van der Waals surface area contributed by atoms with Crippen molar-refractivity contribution in [2.75, 3.05) is 6.61 Å². The number of hydrogen-bond donors (Lipinski definition) is 1. The molecule has 0 atom stereocenters. The molecule has 102 valence electrons. The smallest absolute Gasteiger partial charge is 0.293 e. The molecule has 0 amide bonds. The topological polar surface area (TPSA) is 55.0 Å². The molecule has 4 nitrogen and oxygen atoms in total.